The van der Waals surface area contributed by atoms with E-state index in [-0.39, 0.29) is 13.0 Å². The Balaban J connectivity index is 2.44. The summed E-state index contributed by atoms with van der Waals surface area (Å²) in [5.74, 6) is -3.33. The van der Waals surface area contributed by atoms with E-state index in [1.165, 1.54) is 0 Å². The van der Waals surface area contributed by atoms with E-state index in [4.69, 9.17) is 4.74 Å². The summed E-state index contributed by atoms with van der Waals surface area (Å²) >= 11 is 0. The van der Waals surface area contributed by atoms with Crippen LogP contribution in [0, 0.1) is 0 Å². The second-order valence-corrected chi connectivity index (χ2v) is 4.03. The van der Waals surface area contributed by atoms with E-state index < -0.39 is 34.9 Å². The number of Topliss-reactive ketones (excluding diaryl/α,β-unsaturated/α-hetero) is 2. The number of fused-ring (bicyclic) bond motifs is 1. The third-order valence-electron chi connectivity index (χ3n) is 2.92. The first-order valence-corrected chi connectivity index (χ1v) is 4.76. The maximum atomic E-state index is 11.5. The summed E-state index contributed by atoms with van der Waals surface area (Å²) in [6.45, 7) is 1.04. The van der Waals surface area contributed by atoms with Gasteiger partial charge >= 0.3 is 0 Å². The standard InChI is InChI=1S/C9H11NO6/c1-4(11)5(12)9(15)6-8(14,2-3-16-6)10-7(9)13/h6,14-15H,2-3H2,1H3,(H,10,13)/t6-,8-,9-/m0/s1. The topological polar surface area (TPSA) is 113 Å². The minimum atomic E-state index is -2.61. The van der Waals surface area contributed by atoms with E-state index in [9.17, 15) is 24.6 Å². The van der Waals surface area contributed by atoms with E-state index in [1.54, 1.807) is 0 Å². The SMILES string of the molecule is CC(=O)C(=O)[C@@]1(O)C(=O)N[C@]2(O)CCO[C@H]12. The van der Waals surface area contributed by atoms with Crippen LogP contribution in [0.3, 0.4) is 0 Å². The molecule has 2 aliphatic heterocycles. The Morgan fingerprint density at radius 2 is 2.12 bits per heavy atom. The predicted octanol–water partition coefficient (Wildman–Crippen LogP) is -2.52. The van der Waals surface area contributed by atoms with E-state index >= 15 is 0 Å². The van der Waals surface area contributed by atoms with Crippen molar-refractivity contribution >= 4 is 17.5 Å². The van der Waals surface area contributed by atoms with Gasteiger partial charge in [0.1, 0.15) is 0 Å². The van der Waals surface area contributed by atoms with Crippen LogP contribution >= 0.6 is 0 Å². The van der Waals surface area contributed by atoms with Gasteiger partial charge in [-0.15, -0.1) is 0 Å². The van der Waals surface area contributed by atoms with Gasteiger partial charge < -0.3 is 20.3 Å². The Kier molecular flexibility index (Phi) is 2.16. The van der Waals surface area contributed by atoms with E-state index in [0.717, 1.165) is 6.92 Å². The molecule has 2 heterocycles. The summed E-state index contributed by atoms with van der Waals surface area (Å²) in [6, 6.07) is 0. The number of amides is 1. The molecule has 7 nitrogen and oxygen atoms in total. The van der Waals surface area contributed by atoms with Gasteiger partial charge in [0, 0.05) is 13.3 Å². The highest BCUT2D eigenvalue weighted by atomic mass is 16.5. The van der Waals surface area contributed by atoms with Gasteiger partial charge in [-0.25, -0.2) is 0 Å². The van der Waals surface area contributed by atoms with Gasteiger partial charge in [0.15, 0.2) is 17.6 Å². The van der Waals surface area contributed by atoms with Crippen LogP contribution in [0.5, 0.6) is 0 Å². The Morgan fingerprint density at radius 3 is 2.69 bits per heavy atom. The highest BCUT2D eigenvalue weighted by Crippen LogP contribution is 2.37. The Labute approximate surface area is 90.4 Å². The molecule has 16 heavy (non-hydrogen) atoms. The van der Waals surface area contributed by atoms with Gasteiger partial charge in [0.2, 0.25) is 11.4 Å². The highest BCUT2D eigenvalue weighted by molar-refractivity contribution is 6.44. The van der Waals surface area contributed by atoms with Crippen molar-refractivity contribution in [2.75, 3.05) is 6.61 Å². The molecule has 2 saturated heterocycles. The fourth-order valence-electron chi connectivity index (χ4n) is 2.10. The van der Waals surface area contributed by atoms with Gasteiger partial charge in [0.05, 0.1) is 6.61 Å². The summed E-state index contributed by atoms with van der Waals surface area (Å²) in [4.78, 5) is 33.9. The quantitative estimate of drug-likeness (QED) is 0.356. The number of ketones is 2. The van der Waals surface area contributed by atoms with E-state index in [0.29, 0.717) is 0 Å². The molecule has 3 N–H and O–H groups in total. The summed E-state index contributed by atoms with van der Waals surface area (Å²) in [6.07, 6.45) is -1.36. The van der Waals surface area contributed by atoms with Crippen molar-refractivity contribution in [3.8, 4) is 0 Å². The zero-order chi connectivity index (χ0) is 12.1. The second kappa shape index (κ2) is 3.09. The first-order chi connectivity index (χ1) is 7.32. The van der Waals surface area contributed by atoms with E-state index in [1.807, 2.05) is 0 Å². The highest BCUT2D eigenvalue weighted by Gasteiger charge is 2.69. The maximum Gasteiger partial charge on any atom is 0.265 e. The molecule has 0 spiro atoms. The number of hydrogen-bond acceptors (Lipinski definition) is 6. The van der Waals surface area contributed by atoms with Crippen molar-refractivity contribution in [2.45, 2.75) is 30.8 Å². The lowest BCUT2D eigenvalue weighted by molar-refractivity contribution is -0.166. The fraction of sp³-hybridized carbons (Fsp3) is 0.667. The number of carbonyl (C=O) groups is 3. The average molecular weight is 229 g/mol. The molecule has 2 aliphatic rings. The zero-order valence-corrected chi connectivity index (χ0v) is 8.52. The van der Waals surface area contributed by atoms with Crippen LogP contribution in [-0.2, 0) is 19.1 Å². The molecule has 0 aliphatic carbocycles. The molecule has 2 rings (SSSR count). The second-order valence-electron chi connectivity index (χ2n) is 4.03. The lowest BCUT2D eigenvalue weighted by Crippen LogP contribution is -2.56. The van der Waals surface area contributed by atoms with Gasteiger partial charge in [-0.3, -0.25) is 14.4 Å². The molecular weight excluding hydrogens is 218 g/mol. The molecule has 1 amide bonds. The summed E-state index contributed by atoms with van der Waals surface area (Å²) in [5.41, 5.74) is -4.38. The number of rotatable bonds is 2. The summed E-state index contributed by atoms with van der Waals surface area (Å²) < 4.78 is 4.98. The van der Waals surface area contributed by atoms with Crippen molar-refractivity contribution in [1.29, 1.82) is 0 Å². The van der Waals surface area contributed by atoms with Crippen LogP contribution in [0.15, 0.2) is 0 Å². The Bertz CT molecular complexity index is 393. The van der Waals surface area contributed by atoms with Gasteiger partial charge in [-0.2, -0.15) is 0 Å². The third-order valence-corrected chi connectivity index (χ3v) is 2.92. The summed E-state index contributed by atoms with van der Waals surface area (Å²) in [5, 5.41) is 21.9. The monoisotopic (exact) mass is 229 g/mol. The third kappa shape index (κ3) is 1.16. The number of hydrogen-bond donors (Lipinski definition) is 3. The summed E-state index contributed by atoms with van der Waals surface area (Å²) in [7, 11) is 0. The molecular formula is C9H11NO6. The number of ether oxygens (including phenoxy) is 1. The molecule has 7 heteroatoms. The lowest BCUT2D eigenvalue weighted by Gasteiger charge is -2.25. The van der Waals surface area contributed by atoms with Crippen LogP contribution in [-0.4, -0.2) is 51.7 Å². The van der Waals surface area contributed by atoms with Gasteiger partial charge in [-0.1, -0.05) is 0 Å². The largest absolute Gasteiger partial charge is 0.371 e. The van der Waals surface area contributed by atoms with Crippen LogP contribution < -0.4 is 5.32 Å². The van der Waals surface area contributed by atoms with Crippen LogP contribution in [0.25, 0.3) is 0 Å². The molecule has 0 unspecified atom stereocenters. The maximum absolute atomic E-state index is 11.5. The molecule has 2 fully saturated rings. The first kappa shape index (κ1) is 11.2. The Hall–Kier alpha value is -1.31. The van der Waals surface area contributed by atoms with Crippen molar-refractivity contribution in [1.82, 2.24) is 5.32 Å². The van der Waals surface area contributed by atoms with Gasteiger partial charge in [0.25, 0.3) is 5.91 Å². The molecule has 0 aromatic rings. The molecule has 0 saturated carbocycles. The van der Waals surface area contributed by atoms with Crippen molar-refractivity contribution < 1.29 is 29.3 Å². The number of carbonyl (C=O) groups excluding carboxylic acids is 3. The molecule has 0 radical (unpaired) electrons. The van der Waals surface area contributed by atoms with Crippen LogP contribution in [0.4, 0.5) is 0 Å². The number of aliphatic hydroxyl groups is 2. The number of nitrogens with one attached hydrogen (secondary N) is 1. The first-order valence-electron chi connectivity index (χ1n) is 4.76. The van der Waals surface area contributed by atoms with E-state index in [2.05, 4.69) is 5.32 Å². The minimum Gasteiger partial charge on any atom is -0.371 e. The van der Waals surface area contributed by atoms with Crippen molar-refractivity contribution in [3.05, 3.63) is 0 Å². The van der Waals surface area contributed by atoms with Crippen molar-refractivity contribution in [2.24, 2.45) is 0 Å². The minimum absolute atomic E-state index is 0.0664. The normalized spacial score (nSPS) is 41.7. The molecule has 0 aromatic carbocycles. The smallest absolute Gasteiger partial charge is 0.265 e. The Morgan fingerprint density at radius 1 is 1.50 bits per heavy atom. The van der Waals surface area contributed by atoms with Gasteiger partial charge in [-0.05, 0) is 0 Å². The average Bonchev–Trinajstić information content (AvgIpc) is 2.64. The van der Waals surface area contributed by atoms with Crippen molar-refractivity contribution in [3.63, 3.8) is 0 Å². The van der Waals surface area contributed by atoms with Crippen LogP contribution in [0.2, 0.25) is 0 Å². The molecule has 88 valence electrons. The zero-order valence-electron chi connectivity index (χ0n) is 8.52. The molecule has 0 aromatic heterocycles. The van der Waals surface area contributed by atoms with Crippen LogP contribution in [0.1, 0.15) is 13.3 Å². The predicted molar refractivity (Wildman–Crippen MR) is 48.1 cm³/mol. The molecule has 0 bridgehead atoms. The lowest BCUT2D eigenvalue weighted by atomic mass is 9.88. The fourth-order valence-corrected chi connectivity index (χ4v) is 2.10. The molecule has 3 atom stereocenters.